The van der Waals surface area contributed by atoms with Crippen molar-refractivity contribution < 1.29 is 9.47 Å². The van der Waals surface area contributed by atoms with Crippen LogP contribution in [0, 0.1) is 0 Å². The molecule has 5 heteroatoms. The van der Waals surface area contributed by atoms with Gasteiger partial charge in [-0.15, -0.1) is 11.3 Å². The summed E-state index contributed by atoms with van der Waals surface area (Å²) in [5, 5.41) is 3.99. The molecule has 0 saturated carbocycles. The molecule has 0 saturated heterocycles. The van der Waals surface area contributed by atoms with Crippen molar-refractivity contribution in [3.8, 4) is 22.1 Å². The summed E-state index contributed by atoms with van der Waals surface area (Å²) < 4.78 is 12.0. The van der Waals surface area contributed by atoms with Gasteiger partial charge in [0.25, 0.3) is 0 Å². The maximum atomic E-state index is 6.05. The molecule has 0 amide bonds. The van der Waals surface area contributed by atoms with Crippen molar-refractivity contribution in [1.82, 2.24) is 4.98 Å². The molecule has 3 nitrogen and oxygen atoms in total. The van der Waals surface area contributed by atoms with Crippen LogP contribution in [0.1, 0.15) is 0 Å². The molecule has 0 radical (unpaired) electrons. The van der Waals surface area contributed by atoms with Gasteiger partial charge in [-0.1, -0.05) is 17.7 Å². The Labute approximate surface area is 129 Å². The molecule has 0 N–H and O–H groups in total. The topological polar surface area (TPSA) is 31.4 Å². The first-order valence-electron chi connectivity index (χ1n) is 6.50. The van der Waals surface area contributed by atoms with E-state index in [0.29, 0.717) is 11.8 Å². The number of hydrogen-bond acceptors (Lipinski definition) is 4. The summed E-state index contributed by atoms with van der Waals surface area (Å²) in [5.74, 6) is 1.61. The molecule has 5 rings (SSSR count). The summed E-state index contributed by atoms with van der Waals surface area (Å²) >= 11 is 7.71. The van der Waals surface area contributed by atoms with Gasteiger partial charge in [-0.05, 0) is 29.7 Å². The minimum absolute atomic E-state index is 0.293. The van der Waals surface area contributed by atoms with Gasteiger partial charge in [-0.3, -0.25) is 0 Å². The first-order valence-corrected chi connectivity index (χ1v) is 7.69. The zero-order valence-corrected chi connectivity index (χ0v) is 12.3. The van der Waals surface area contributed by atoms with E-state index >= 15 is 0 Å². The summed E-state index contributed by atoms with van der Waals surface area (Å²) in [7, 11) is 0. The van der Waals surface area contributed by atoms with E-state index in [4.69, 9.17) is 21.1 Å². The monoisotopic (exact) mass is 313 g/mol. The molecule has 3 aliphatic rings. The second kappa shape index (κ2) is 4.00. The Kier molecular flexibility index (Phi) is 2.21. The highest BCUT2D eigenvalue weighted by Crippen LogP contribution is 2.43. The third kappa shape index (κ3) is 1.63. The van der Waals surface area contributed by atoms with Gasteiger partial charge < -0.3 is 9.47 Å². The first kappa shape index (κ1) is 11.6. The number of benzene rings is 2. The van der Waals surface area contributed by atoms with E-state index in [2.05, 4.69) is 11.1 Å². The highest BCUT2D eigenvalue weighted by Gasteiger charge is 2.18. The molecule has 3 aliphatic heterocycles. The third-order valence-corrected chi connectivity index (χ3v) is 5.03. The van der Waals surface area contributed by atoms with E-state index in [1.54, 1.807) is 11.3 Å². The van der Waals surface area contributed by atoms with Crippen LogP contribution in [0.5, 0.6) is 11.5 Å². The van der Waals surface area contributed by atoms with Gasteiger partial charge >= 0.3 is 0 Å². The molecule has 3 heterocycles. The Bertz CT molecular complexity index is 995. The second-order valence-electron chi connectivity index (χ2n) is 4.98. The molecule has 0 aromatic heterocycles. The highest BCUT2D eigenvalue weighted by atomic mass is 35.5. The van der Waals surface area contributed by atoms with Crippen molar-refractivity contribution in [1.29, 1.82) is 0 Å². The summed E-state index contributed by atoms with van der Waals surface area (Å²) in [5.41, 5.74) is 2.09. The lowest BCUT2D eigenvalue weighted by molar-refractivity contribution is 0.174. The van der Waals surface area contributed by atoms with Crippen LogP contribution in [0.25, 0.3) is 31.6 Å². The first-order chi connectivity index (χ1) is 10.3. The average Bonchev–Trinajstić information content (AvgIpc) is 3.05. The molecule has 0 fully saturated rings. The smallest absolute Gasteiger partial charge is 0.231 e. The Morgan fingerprint density at radius 2 is 1.90 bits per heavy atom. The Hall–Kier alpha value is -2.04. The molecule has 21 heavy (non-hydrogen) atoms. The maximum Gasteiger partial charge on any atom is 0.231 e. The average molecular weight is 314 g/mol. The number of nitrogens with zero attached hydrogens (tertiary/aromatic N) is 1. The summed E-state index contributed by atoms with van der Waals surface area (Å²) in [6, 6.07) is 12.0. The van der Waals surface area contributed by atoms with Crippen molar-refractivity contribution in [2.45, 2.75) is 0 Å². The fraction of sp³-hybridized carbons (Fsp3) is 0.0625. The van der Waals surface area contributed by atoms with Gasteiger partial charge in [0, 0.05) is 26.7 Å². The van der Waals surface area contributed by atoms with E-state index in [0.717, 1.165) is 43.1 Å². The van der Waals surface area contributed by atoms with Gasteiger partial charge in [0.05, 0.1) is 5.52 Å². The van der Waals surface area contributed by atoms with Crippen LogP contribution in [-0.2, 0) is 0 Å². The Morgan fingerprint density at radius 1 is 1.05 bits per heavy atom. The fourth-order valence-electron chi connectivity index (χ4n) is 2.73. The van der Waals surface area contributed by atoms with E-state index in [9.17, 15) is 0 Å². The lowest BCUT2D eigenvalue weighted by atomic mass is 10.1. The van der Waals surface area contributed by atoms with E-state index in [1.165, 1.54) is 0 Å². The van der Waals surface area contributed by atoms with Crippen molar-refractivity contribution in [2.24, 2.45) is 0 Å². The largest absolute Gasteiger partial charge is 0.454 e. The van der Waals surface area contributed by atoms with Crippen LogP contribution in [0.15, 0.2) is 36.4 Å². The molecule has 102 valence electrons. The van der Waals surface area contributed by atoms with Gasteiger partial charge in [0.15, 0.2) is 11.5 Å². The molecule has 0 atom stereocenters. The number of fused-ring (bicyclic) bond motifs is 5. The molecule has 0 aliphatic carbocycles. The molecule has 0 unspecified atom stereocenters. The zero-order valence-electron chi connectivity index (χ0n) is 10.7. The van der Waals surface area contributed by atoms with Crippen LogP contribution in [-0.4, -0.2) is 11.8 Å². The minimum atomic E-state index is 0.293. The van der Waals surface area contributed by atoms with Crippen molar-refractivity contribution in [3.63, 3.8) is 0 Å². The zero-order chi connectivity index (χ0) is 14.0. The molecule has 2 aromatic rings. The SMILES string of the molecule is Clc1ccc2c3cc4cc5c(cc4sc-3nc2c1)OCO5. The minimum Gasteiger partial charge on any atom is -0.454 e. The van der Waals surface area contributed by atoms with Crippen LogP contribution >= 0.6 is 22.9 Å². The van der Waals surface area contributed by atoms with Crippen molar-refractivity contribution in [2.75, 3.05) is 6.79 Å². The van der Waals surface area contributed by atoms with E-state index < -0.39 is 0 Å². The predicted octanol–water partition coefficient (Wildman–Crippen LogP) is 4.94. The van der Waals surface area contributed by atoms with E-state index in [-0.39, 0.29) is 0 Å². The fourth-order valence-corrected chi connectivity index (χ4v) is 3.93. The second-order valence-corrected chi connectivity index (χ2v) is 6.45. The molecule has 0 bridgehead atoms. The van der Waals surface area contributed by atoms with E-state index in [1.807, 2.05) is 30.3 Å². The summed E-state index contributed by atoms with van der Waals surface area (Å²) in [6.45, 7) is 0.293. The number of aromatic nitrogens is 1. The number of halogens is 1. The van der Waals surface area contributed by atoms with Crippen LogP contribution < -0.4 is 9.47 Å². The van der Waals surface area contributed by atoms with Crippen LogP contribution in [0.3, 0.4) is 0 Å². The predicted molar refractivity (Wildman–Crippen MR) is 84.9 cm³/mol. The lowest BCUT2D eigenvalue weighted by Crippen LogP contribution is -1.92. The highest BCUT2D eigenvalue weighted by molar-refractivity contribution is 7.21. The van der Waals surface area contributed by atoms with Crippen molar-refractivity contribution in [3.05, 3.63) is 41.4 Å². The van der Waals surface area contributed by atoms with Gasteiger partial charge in [0.1, 0.15) is 5.01 Å². The molecule has 2 aromatic carbocycles. The standard InChI is InChI=1S/C16H8ClNO2S/c17-9-1-2-10-11-3-8-4-13-14(20-7-19-13)6-15(8)21-16(11)18-12(10)5-9/h1-6H,7H2. The number of hydrogen-bond donors (Lipinski definition) is 0. The number of ether oxygens (including phenoxy) is 2. The van der Waals surface area contributed by atoms with Crippen LogP contribution in [0.4, 0.5) is 0 Å². The lowest BCUT2D eigenvalue weighted by Gasteiger charge is -2.03. The maximum absolute atomic E-state index is 6.05. The quantitative estimate of drug-likeness (QED) is 0.461. The Morgan fingerprint density at radius 3 is 2.81 bits per heavy atom. The summed E-state index contributed by atoms with van der Waals surface area (Å²) in [6.07, 6.45) is 0. The molecular weight excluding hydrogens is 306 g/mol. The third-order valence-electron chi connectivity index (χ3n) is 3.71. The molecular formula is C16H8ClNO2S. The van der Waals surface area contributed by atoms with Crippen LogP contribution in [0.2, 0.25) is 5.02 Å². The number of rotatable bonds is 0. The van der Waals surface area contributed by atoms with Gasteiger partial charge in [0.2, 0.25) is 6.79 Å². The van der Waals surface area contributed by atoms with Crippen molar-refractivity contribution >= 4 is 43.9 Å². The van der Waals surface area contributed by atoms with Gasteiger partial charge in [-0.25, -0.2) is 4.98 Å². The van der Waals surface area contributed by atoms with Gasteiger partial charge in [-0.2, -0.15) is 0 Å². The summed E-state index contributed by atoms with van der Waals surface area (Å²) in [4.78, 5) is 4.68. The normalized spacial score (nSPS) is 13.6. The molecule has 0 spiro atoms. The Balaban J connectivity index is 1.90.